The van der Waals surface area contributed by atoms with Crippen molar-refractivity contribution < 1.29 is 23.8 Å². The summed E-state index contributed by atoms with van der Waals surface area (Å²) in [5.74, 6) is -0.857. The molecule has 3 saturated carbocycles. The summed E-state index contributed by atoms with van der Waals surface area (Å²) < 4.78 is 18.9. The largest absolute Gasteiger partial charge is 0.484 e. The molecule has 8 nitrogen and oxygen atoms in total. The van der Waals surface area contributed by atoms with Crippen LogP contribution in [0, 0.1) is 11.2 Å². The van der Waals surface area contributed by atoms with E-state index in [2.05, 4.69) is 28.2 Å². The lowest BCUT2D eigenvalue weighted by atomic mass is 9.55. The topological polar surface area (TPSA) is 112 Å². The lowest BCUT2D eigenvalue weighted by Crippen LogP contribution is -2.66. The second kappa shape index (κ2) is 9.74. The SMILES string of the molecule is CC1CNC(CNC(=O)C23CCC(NC(=O)COc4ccc(Cl)c(F)c4)(CC2)CC3O)CN1. The molecule has 5 N–H and O–H groups in total. The summed E-state index contributed by atoms with van der Waals surface area (Å²) in [5.41, 5.74) is -1.36. The van der Waals surface area contributed by atoms with E-state index in [1.54, 1.807) is 0 Å². The smallest absolute Gasteiger partial charge is 0.258 e. The standard InChI is InChI=1S/C23H32ClFN4O4/c1-14-10-27-15(11-26-14)12-28-21(32)23-6-4-22(5-7-23,9-19(23)30)29-20(31)13-33-16-2-3-17(24)18(25)8-16/h2-3,8,14-15,19,26-27,30H,4-7,9-13H2,1H3,(H,28,32)(H,29,31). The number of aliphatic hydroxyl groups excluding tert-OH is 1. The maximum absolute atomic E-state index is 13.5. The summed E-state index contributed by atoms with van der Waals surface area (Å²) in [7, 11) is 0. The van der Waals surface area contributed by atoms with E-state index in [1.807, 2.05) is 0 Å². The third-order valence-corrected chi connectivity index (χ3v) is 7.68. The molecule has 5 rings (SSSR count). The zero-order chi connectivity index (χ0) is 23.6. The number of ether oxygens (including phenoxy) is 1. The number of fused-ring (bicyclic) bond motifs is 3. The summed E-state index contributed by atoms with van der Waals surface area (Å²) in [6, 6.07) is 4.57. The molecule has 4 aliphatic rings. The van der Waals surface area contributed by atoms with E-state index < -0.39 is 22.9 Å². The van der Waals surface area contributed by atoms with Crippen LogP contribution in [0.1, 0.15) is 39.0 Å². The third-order valence-electron chi connectivity index (χ3n) is 7.37. The highest BCUT2D eigenvalue weighted by Gasteiger charge is 2.58. The molecule has 0 aromatic heterocycles. The van der Waals surface area contributed by atoms with Gasteiger partial charge >= 0.3 is 0 Å². The first-order valence-corrected chi connectivity index (χ1v) is 11.9. The van der Waals surface area contributed by atoms with Crippen LogP contribution in [0.2, 0.25) is 5.02 Å². The van der Waals surface area contributed by atoms with E-state index in [-0.39, 0.29) is 35.2 Å². The molecule has 2 amide bonds. The fourth-order valence-electron chi connectivity index (χ4n) is 5.25. The van der Waals surface area contributed by atoms with Gasteiger partial charge in [0.05, 0.1) is 16.5 Å². The Labute approximate surface area is 198 Å². The second-order valence-electron chi connectivity index (χ2n) is 9.69. The number of halogens is 2. The number of hydrogen-bond acceptors (Lipinski definition) is 6. The second-order valence-corrected chi connectivity index (χ2v) is 10.1. The lowest BCUT2D eigenvalue weighted by molar-refractivity contribution is -0.156. The molecule has 1 saturated heterocycles. The van der Waals surface area contributed by atoms with Gasteiger partial charge in [-0.05, 0) is 51.2 Å². The first kappa shape index (κ1) is 24.2. The van der Waals surface area contributed by atoms with Gasteiger partial charge in [-0.2, -0.15) is 0 Å². The minimum atomic E-state index is -0.830. The fraction of sp³-hybridized carbons (Fsp3) is 0.652. The summed E-state index contributed by atoms with van der Waals surface area (Å²) in [5, 5.41) is 23.7. The van der Waals surface area contributed by atoms with E-state index in [0.29, 0.717) is 44.7 Å². The van der Waals surface area contributed by atoms with Crippen LogP contribution >= 0.6 is 11.6 Å². The molecule has 1 aromatic rings. The van der Waals surface area contributed by atoms with Gasteiger partial charge in [0.1, 0.15) is 11.6 Å². The zero-order valence-corrected chi connectivity index (χ0v) is 19.5. The number of carbonyl (C=O) groups excluding carboxylic acids is 2. The number of piperazine rings is 1. The minimum absolute atomic E-state index is 0.0159. The van der Waals surface area contributed by atoms with Crippen molar-refractivity contribution in [1.29, 1.82) is 0 Å². The van der Waals surface area contributed by atoms with E-state index in [0.717, 1.165) is 19.2 Å². The van der Waals surface area contributed by atoms with Crippen molar-refractivity contribution in [2.45, 2.75) is 62.8 Å². The fourth-order valence-corrected chi connectivity index (χ4v) is 5.36. The Morgan fingerprint density at radius 1 is 1.24 bits per heavy atom. The van der Waals surface area contributed by atoms with E-state index in [9.17, 15) is 19.1 Å². The Balaban J connectivity index is 1.28. The maximum atomic E-state index is 13.5. The monoisotopic (exact) mass is 482 g/mol. The molecule has 1 aliphatic heterocycles. The van der Waals surface area contributed by atoms with Crippen molar-refractivity contribution in [3.8, 4) is 5.75 Å². The highest BCUT2D eigenvalue weighted by atomic mass is 35.5. The predicted molar refractivity (Wildman–Crippen MR) is 122 cm³/mol. The number of nitrogens with one attached hydrogen (secondary N) is 4. The number of aliphatic hydroxyl groups is 1. The molecule has 0 radical (unpaired) electrons. The van der Waals surface area contributed by atoms with Crippen molar-refractivity contribution in [3.05, 3.63) is 29.0 Å². The van der Waals surface area contributed by atoms with Crippen molar-refractivity contribution in [2.75, 3.05) is 26.2 Å². The van der Waals surface area contributed by atoms with E-state index >= 15 is 0 Å². The molecule has 0 spiro atoms. The average molecular weight is 483 g/mol. The minimum Gasteiger partial charge on any atom is -0.484 e. The molecule has 182 valence electrons. The molecule has 3 aliphatic carbocycles. The molecule has 1 heterocycles. The normalized spacial score (nSPS) is 33.4. The summed E-state index contributed by atoms with van der Waals surface area (Å²) >= 11 is 5.66. The molecule has 3 unspecified atom stereocenters. The molecule has 33 heavy (non-hydrogen) atoms. The number of carbonyl (C=O) groups is 2. The van der Waals surface area contributed by atoms with Crippen molar-refractivity contribution >= 4 is 23.4 Å². The Kier molecular flexibility index (Phi) is 7.14. The van der Waals surface area contributed by atoms with E-state index in [1.165, 1.54) is 12.1 Å². The predicted octanol–water partition coefficient (Wildman–Crippen LogP) is 1.10. The Morgan fingerprint density at radius 2 is 2.00 bits per heavy atom. The van der Waals surface area contributed by atoms with E-state index in [4.69, 9.17) is 16.3 Å². The van der Waals surface area contributed by atoms with Gasteiger partial charge < -0.3 is 31.1 Å². The van der Waals surface area contributed by atoms with Gasteiger partial charge in [0.25, 0.3) is 5.91 Å². The van der Waals surface area contributed by atoms with Gasteiger partial charge in [0.2, 0.25) is 5.91 Å². The molecule has 2 bridgehead atoms. The third kappa shape index (κ3) is 5.26. The lowest BCUT2D eigenvalue weighted by Gasteiger charge is -2.55. The molecule has 3 atom stereocenters. The van der Waals surface area contributed by atoms with Crippen molar-refractivity contribution in [3.63, 3.8) is 0 Å². The number of benzene rings is 1. The highest BCUT2D eigenvalue weighted by molar-refractivity contribution is 6.30. The average Bonchev–Trinajstić information content (AvgIpc) is 2.80. The summed E-state index contributed by atoms with van der Waals surface area (Å²) in [6.45, 7) is 3.99. The Morgan fingerprint density at radius 3 is 2.64 bits per heavy atom. The van der Waals surface area contributed by atoms with Gasteiger partial charge in [0.15, 0.2) is 6.61 Å². The van der Waals surface area contributed by atoms with Gasteiger partial charge in [0, 0.05) is 43.3 Å². The first-order chi connectivity index (χ1) is 15.7. The van der Waals surface area contributed by atoms with Crippen LogP contribution in [0.3, 0.4) is 0 Å². The Hall–Kier alpha value is -1.94. The molecule has 10 heteroatoms. The van der Waals surface area contributed by atoms with Crippen LogP contribution in [-0.2, 0) is 9.59 Å². The molecule has 1 aromatic carbocycles. The van der Waals surface area contributed by atoms with Crippen molar-refractivity contribution in [2.24, 2.45) is 5.41 Å². The van der Waals surface area contributed by atoms with Crippen molar-refractivity contribution in [1.82, 2.24) is 21.3 Å². The summed E-state index contributed by atoms with van der Waals surface area (Å²) in [4.78, 5) is 25.6. The maximum Gasteiger partial charge on any atom is 0.258 e. The first-order valence-electron chi connectivity index (χ1n) is 11.5. The number of hydrogen-bond donors (Lipinski definition) is 5. The van der Waals surface area contributed by atoms with Gasteiger partial charge in [-0.15, -0.1) is 0 Å². The number of rotatable bonds is 7. The Bertz CT molecular complexity index is 885. The van der Waals surface area contributed by atoms with Crippen LogP contribution in [0.5, 0.6) is 5.75 Å². The van der Waals surface area contributed by atoms with Crippen LogP contribution in [0.25, 0.3) is 0 Å². The molecular formula is C23H32ClFN4O4. The van der Waals surface area contributed by atoms with Gasteiger partial charge in [-0.3, -0.25) is 9.59 Å². The molecular weight excluding hydrogens is 451 g/mol. The summed E-state index contributed by atoms with van der Waals surface area (Å²) in [6.07, 6.45) is 1.74. The van der Waals surface area contributed by atoms with Gasteiger partial charge in [-0.25, -0.2) is 4.39 Å². The highest BCUT2D eigenvalue weighted by Crippen LogP contribution is 2.52. The van der Waals surface area contributed by atoms with Gasteiger partial charge in [-0.1, -0.05) is 11.6 Å². The van der Waals surface area contributed by atoms with Crippen LogP contribution < -0.4 is 26.0 Å². The van der Waals surface area contributed by atoms with Crippen LogP contribution in [-0.4, -0.2) is 66.9 Å². The quantitative estimate of drug-likeness (QED) is 0.398. The van der Waals surface area contributed by atoms with Crippen LogP contribution in [0.15, 0.2) is 18.2 Å². The molecule has 4 fully saturated rings. The zero-order valence-electron chi connectivity index (χ0n) is 18.8. The number of amides is 2. The van der Waals surface area contributed by atoms with Crippen LogP contribution in [0.4, 0.5) is 4.39 Å².